The Morgan fingerprint density at radius 3 is 2.56 bits per heavy atom. The van der Waals surface area contributed by atoms with E-state index in [1.165, 1.54) is 0 Å². The number of anilines is 1. The molecule has 1 aromatic heterocycles. The zero-order chi connectivity index (χ0) is 13.1. The topological polar surface area (TPSA) is 64.4 Å². The van der Waals surface area contributed by atoms with Crippen molar-refractivity contribution in [3.05, 3.63) is 40.5 Å². The maximum absolute atomic E-state index is 11.9. The van der Waals surface area contributed by atoms with Crippen molar-refractivity contribution in [2.45, 2.75) is 6.92 Å². The first-order valence-electron chi connectivity index (χ1n) is 5.19. The van der Waals surface area contributed by atoms with Crippen molar-refractivity contribution in [3.8, 4) is 5.75 Å². The van der Waals surface area contributed by atoms with Gasteiger partial charge in [-0.1, -0.05) is 16.8 Å². The summed E-state index contributed by atoms with van der Waals surface area (Å²) in [5.74, 6) is 0.505. The minimum Gasteiger partial charge on any atom is -0.497 e. The van der Waals surface area contributed by atoms with E-state index in [-0.39, 0.29) is 11.8 Å². The molecule has 1 amide bonds. The van der Waals surface area contributed by atoms with Crippen LogP contribution in [-0.4, -0.2) is 18.2 Å². The number of carbonyl (C=O) groups is 1. The lowest BCUT2D eigenvalue weighted by Crippen LogP contribution is -2.11. The van der Waals surface area contributed by atoms with Gasteiger partial charge in [-0.25, -0.2) is 0 Å². The zero-order valence-electron chi connectivity index (χ0n) is 9.86. The Morgan fingerprint density at radius 1 is 1.39 bits per heavy atom. The number of ether oxygens (including phenoxy) is 1. The summed E-state index contributed by atoms with van der Waals surface area (Å²) in [5, 5.41) is 6.50. The average Bonchev–Trinajstić information content (AvgIpc) is 2.71. The van der Waals surface area contributed by atoms with Gasteiger partial charge in [0.25, 0.3) is 11.8 Å². The fourth-order valence-corrected chi connectivity index (χ4v) is 1.47. The van der Waals surface area contributed by atoms with Gasteiger partial charge >= 0.3 is 0 Å². The highest BCUT2D eigenvalue weighted by Crippen LogP contribution is 2.25. The lowest BCUT2D eigenvalue weighted by Gasteiger charge is -2.03. The summed E-state index contributed by atoms with van der Waals surface area (Å²) in [6, 6.07) is 6.68. The number of rotatable bonds is 3. The van der Waals surface area contributed by atoms with E-state index in [0.717, 1.165) is 0 Å². The molecule has 1 N–H and O–H groups in total. The van der Waals surface area contributed by atoms with Crippen molar-refractivity contribution < 1.29 is 14.1 Å². The number of benzene rings is 1. The van der Waals surface area contributed by atoms with E-state index < -0.39 is 0 Å². The Balaban J connectivity index is 2.14. The van der Waals surface area contributed by atoms with Crippen LogP contribution in [0.2, 0.25) is 5.02 Å². The number of methoxy groups -OCH3 is 1. The van der Waals surface area contributed by atoms with Crippen LogP contribution in [0.3, 0.4) is 0 Å². The Bertz CT molecular complexity index is 563. The van der Waals surface area contributed by atoms with Crippen LogP contribution in [-0.2, 0) is 0 Å². The number of hydrogen-bond donors (Lipinski definition) is 1. The Kier molecular flexibility index (Phi) is 3.53. The third-order valence-corrected chi connectivity index (χ3v) is 2.82. The van der Waals surface area contributed by atoms with E-state index in [2.05, 4.69) is 10.5 Å². The van der Waals surface area contributed by atoms with Gasteiger partial charge < -0.3 is 9.26 Å². The standard InChI is InChI=1S/C12H11ClN2O3/c1-7-10(13)12(18-15-7)14-11(16)8-3-5-9(17-2)6-4-8/h3-6H,1-2H3,(H,14,16). The quantitative estimate of drug-likeness (QED) is 0.928. The number of halogens is 1. The SMILES string of the molecule is COc1ccc(C(=O)Nc2onc(C)c2Cl)cc1. The first-order chi connectivity index (χ1) is 8.61. The Labute approximate surface area is 109 Å². The summed E-state index contributed by atoms with van der Waals surface area (Å²) in [4.78, 5) is 11.9. The summed E-state index contributed by atoms with van der Waals surface area (Å²) in [6.07, 6.45) is 0. The summed E-state index contributed by atoms with van der Waals surface area (Å²) in [6.45, 7) is 1.69. The molecule has 0 bridgehead atoms. The lowest BCUT2D eigenvalue weighted by molar-refractivity contribution is 0.102. The smallest absolute Gasteiger partial charge is 0.258 e. The molecule has 0 aliphatic heterocycles. The average molecular weight is 267 g/mol. The van der Waals surface area contributed by atoms with Crippen LogP contribution in [0.15, 0.2) is 28.8 Å². The van der Waals surface area contributed by atoms with Gasteiger partial charge in [0.15, 0.2) is 0 Å². The van der Waals surface area contributed by atoms with Crippen molar-refractivity contribution in [2.24, 2.45) is 0 Å². The number of aryl methyl sites for hydroxylation is 1. The number of hydrogen-bond acceptors (Lipinski definition) is 4. The molecule has 0 radical (unpaired) electrons. The maximum Gasteiger partial charge on any atom is 0.258 e. The molecule has 94 valence electrons. The minimum atomic E-state index is -0.323. The maximum atomic E-state index is 11.9. The number of amides is 1. The van der Waals surface area contributed by atoms with Crippen LogP contribution in [0.4, 0.5) is 5.88 Å². The molecule has 0 aliphatic carbocycles. The Hall–Kier alpha value is -2.01. The van der Waals surface area contributed by atoms with Gasteiger partial charge in [0.1, 0.15) is 16.5 Å². The molecule has 6 heteroatoms. The van der Waals surface area contributed by atoms with Crippen LogP contribution in [0.1, 0.15) is 16.1 Å². The molecule has 0 spiro atoms. The van der Waals surface area contributed by atoms with Crippen molar-refractivity contribution >= 4 is 23.4 Å². The van der Waals surface area contributed by atoms with E-state index in [0.29, 0.717) is 22.0 Å². The first-order valence-corrected chi connectivity index (χ1v) is 5.57. The molecule has 2 aromatic rings. The van der Waals surface area contributed by atoms with Crippen molar-refractivity contribution in [3.63, 3.8) is 0 Å². The fourth-order valence-electron chi connectivity index (χ4n) is 1.35. The van der Waals surface area contributed by atoms with E-state index in [4.69, 9.17) is 20.9 Å². The highest BCUT2D eigenvalue weighted by molar-refractivity contribution is 6.34. The highest BCUT2D eigenvalue weighted by atomic mass is 35.5. The van der Waals surface area contributed by atoms with Gasteiger partial charge in [-0.15, -0.1) is 0 Å². The highest BCUT2D eigenvalue weighted by Gasteiger charge is 2.14. The summed E-state index contributed by atoms with van der Waals surface area (Å²) in [5.41, 5.74) is 1.00. The molecule has 18 heavy (non-hydrogen) atoms. The summed E-state index contributed by atoms with van der Waals surface area (Å²) >= 11 is 5.90. The summed E-state index contributed by atoms with van der Waals surface area (Å²) in [7, 11) is 1.56. The molecular weight excluding hydrogens is 256 g/mol. The molecule has 5 nitrogen and oxygen atoms in total. The molecule has 0 atom stereocenters. The van der Waals surface area contributed by atoms with E-state index in [9.17, 15) is 4.79 Å². The molecule has 2 rings (SSSR count). The lowest BCUT2D eigenvalue weighted by atomic mass is 10.2. The van der Waals surface area contributed by atoms with Crippen LogP contribution >= 0.6 is 11.6 Å². The molecule has 0 saturated carbocycles. The Morgan fingerprint density at radius 2 is 2.06 bits per heavy atom. The second-order valence-electron chi connectivity index (χ2n) is 3.59. The molecule has 0 aliphatic rings. The number of aromatic nitrogens is 1. The van der Waals surface area contributed by atoms with Crippen molar-refractivity contribution in [1.29, 1.82) is 0 Å². The zero-order valence-corrected chi connectivity index (χ0v) is 10.6. The fraction of sp³-hybridized carbons (Fsp3) is 0.167. The monoisotopic (exact) mass is 266 g/mol. The van der Waals surface area contributed by atoms with Gasteiger partial charge in [0, 0.05) is 5.56 Å². The van der Waals surface area contributed by atoms with Crippen molar-refractivity contribution in [1.82, 2.24) is 5.16 Å². The molecule has 1 aromatic carbocycles. The third-order valence-electron chi connectivity index (χ3n) is 2.37. The van der Waals surface area contributed by atoms with Gasteiger partial charge in [0.2, 0.25) is 0 Å². The number of nitrogens with zero attached hydrogens (tertiary/aromatic N) is 1. The second-order valence-corrected chi connectivity index (χ2v) is 3.97. The number of nitrogens with one attached hydrogen (secondary N) is 1. The molecule has 0 unspecified atom stereocenters. The third kappa shape index (κ3) is 2.46. The van der Waals surface area contributed by atoms with E-state index in [1.807, 2.05) is 0 Å². The predicted octanol–water partition coefficient (Wildman–Crippen LogP) is 2.90. The van der Waals surface area contributed by atoms with Gasteiger partial charge in [0.05, 0.1) is 7.11 Å². The summed E-state index contributed by atoms with van der Waals surface area (Å²) < 4.78 is 9.90. The normalized spacial score (nSPS) is 10.2. The second kappa shape index (κ2) is 5.10. The molecule has 0 fully saturated rings. The van der Waals surface area contributed by atoms with Crippen LogP contribution in [0.5, 0.6) is 5.75 Å². The minimum absolute atomic E-state index is 0.148. The predicted molar refractivity (Wildman–Crippen MR) is 67.2 cm³/mol. The van der Waals surface area contributed by atoms with Crippen LogP contribution in [0.25, 0.3) is 0 Å². The van der Waals surface area contributed by atoms with E-state index >= 15 is 0 Å². The number of carbonyl (C=O) groups excluding carboxylic acids is 1. The molecule has 1 heterocycles. The van der Waals surface area contributed by atoms with E-state index in [1.54, 1.807) is 38.3 Å². The van der Waals surface area contributed by atoms with Gasteiger partial charge in [-0.2, -0.15) is 0 Å². The van der Waals surface area contributed by atoms with Crippen molar-refractivity contribution in [2.75, 3.05) is 12.4 Å². The molecular formula is C12H11ClN2O3. The van der Waals surface area contributed by atoms with Gasteiger partial charge in [-0.3, -0.25) is 10.1 Å². The van der Waals surface area contributed by atoms with Crippen LogP contribution < -0.4 is 10.1 Å². The van der Waals surface area contributed by atoms with Crippen LogP contribution in [0, 0.1) is 6.92 Å². The van der Waals surface area contributed by atoms with Gasteiger partial charge in [-0.05, 0) is 31.2 Å². The first kappa shape index (κ1) is 12.4. The largest absolute Gasteiger partial charge is 0.497 e. The molecule has 0 saturated heterocycles.